The lowest BCUT2D eigenvalue weighted by Crippen LogP contribution is -2.37. The van der Waals surface area contributed by atoms with E-state index < -0.39 is 21.8 Å². The van der Waals surface area contributed by atoms with Crippen molar-refractivity contribution < 1.29 is 22.7 Å². The first-order valence-corrected chi connectivity index (χ1v) is 8.92. The fourth-order valence-corrected chi connectivity index (χ4v) is 4.38. The van der Waals surface area contributed by atoms with Crippen LogP contribution in [0.4, 0.5) is 4.39 Å². The third kappa shape index (κ3) is 4.49. The van der Waals surface area contributed by atoms with Gasteiger partial charge in [0.05, 0.1) is 11.4 Å². The molecule has 1 unspecified atom stereocenters. The van der Waals surface area contributed by atoms with E-state index in [1.165, 1.54) is 22.5 Å². The highest BCUT2D eigenvalue weighted by Crippen LogP contribution is 2.22. The van der Waals surface area contributed by atoms with Crippen LogP contribution in [0, 0.1) is 5.82 Å². The van der Waals surface area contributed by atoms with Gasteiger partial charge in [-0.3, -0.25) is 9.69 Å². The average Bonchev–Trinajstić information content (AvgIpc) is 2.73. The van der Waals surface area contributed by atoms with Crippen LogP contribution in [0.2, 0.25) is 0 Å². The molecule has 1 saturated heterocycles. The summed E-state index contributed by atoms with van der Waals surface area (Å²) >= 11 is 0. The molecule has 0 aliphatic carbocycles. The van der Waals surface area contributed by atoms with Gasteiger partial charge < -0.3 is 5.11 Å². The van der Waals surface area contributed by atoms with Crippen molar-refractivity contribution in [3.8, 4) is 0 Å². The lowest BCUT2D eigenvalue weighted by atomic mass is 10.1. The van der Waals surface area contributed by atoms with Gasteiger partial charge in [-0.2, -0.15) is 4.31 Å². The predicted molar refractivity (Wildman–Crippen MR) is 83.1 cm³/mol. The van der Waals surface area contributed by atoms with Crippen molar-refractivity contribution in [3.63, 3.8) is 0 Å². The Bertz CT molecular complexity index is 665. The van der Waals surface area contributed by atoms with Crippen molar-refractivity contribution in [1.82, 2.24) is 9.21 Å². The Balaban J connectivity index is 2.09. The van der Waals surface area contributed by atoms with Crippen LogP contribution in [-0.2, 0) is 14.8 Å². The van der Waals surface area contributed by atoms with Crippen LogP contribution in [0.3, 0.4) is 0 Å². The zero-order valence-corrected chi connectivity index (χ0v) is 13.8. The van der Waals surface area contributed by atoms with Gasteiger partial charge in [-0.1, -0.05) is 6.07 Å². The first-order valence-electron chi connectivity index (χ1n) is 7.48. The molecule has 1 atom stereocenters. The predicted octanol–water partition coefficient (Wildman–Crippen LogP) is 1.39. The summed E-state index contributed by atoms with van der Waals surface area (Å²) in [5.74, 6) is -1.49. The Kier molecular flexibility index (Phi) is 5.72. The summed E-state index contributed by atoms with van der Waals surface area (Å²) in [6, 6.07) is 5.02. The molecule has 1 heterocycles. The summed E-state index contributed by atoms with van der Waals surface area (Å²) in [6.07, 6.45) is 1.93. The second-order valence-corrected chi connectivity index (χ2v) is 7.69. The van der Waals surface area contributed by atoms with Gasteiger partial charge in [0.2, 0.25) is 10.0 Å². The second-order valence-electron chi connectivity index (χ2n) is 5.76. The molecule has 0 spiro atoms. The van der Waals surface area contributed by atoms with Crippen molar-refractivity contribution in [2.24, 2.45) is 0 Å². The van der Waals surface area contributed by atoms with E-state index in [-0.39, 0.29) is 17.5 Å². The fourth-order valence-electron chi connectivity index (χ4n) is 2.85. The zero-order valence-electron chi connectivity index (χ0n) is 13.0. The molecule has 1 aliphatic heterocycles. The molecule has 8 heteroatoms. The number of carboxylic acid groups (broad SMARTS) is 1. The first-order chi connectivity index (χ1) is 10.8. The first kappa shape index (κ1) is 17.8. The third-order valence-electron chi connectivity index (χ3n) is 4.10. The highest BCUT2D eigenvalue weighted by atomic mass is 32.2. The van der Waals surface area contributed by atoms with E-state index in [0.717, 1.165) is 12.5 Å². The van der Waals surface area contributed by atoms with E-state index in [9.17, 15) is 17.6 Å². The second kappa shape index (κ2) is 7.37. The summed E-state index contributed by atoms with van der Waals surface area (Å²) in [7, 11) is -1.99. The zero-order chi connectivity index (χ0) is 17.0. The minimum absolute atomic E-state index is 0.0267. The van der Waals surface area contributed by atoms with Gasteiger partial charge >= 0.3 is 5.97 Å². The number of nitrogens with zero attached hydrogens (tertiary/aromatic N) is 2. The molecule has 0 saturated carbocycles. The van der Waals surface area contributed by atoms with Crippen LogP contribution < -0.4 is 0 Å². The molecule has 0 bridgehead atoms. The van der Waals surface area contributed by atoms with Crippen molar-refractivity contribution >= 4 is 16.0 Å². The molecule has 128 valence electrons. The van der Waals surface area contributed by atoms with Crippen LogP contribution in [0.25, 0.3) is 0 Å². The molecule has 2 rings (SSSR count). The Morgan fingerprint density at radius 3 is 2.78 bits per heavy atom. The van der Waals surface area contributed by atoms with Crippen LogP contribution >= 0.6 is 0 Å². The quantitative estimate of drug-likeness (QED) is 0.873. The van der Waals surface area contributed by atoms with Crippen LogP contribution in [0.5, 0.6) is 0 Å². The monoisotopic (exact) mass is 344 g/mol. The molecule has 0 amide bonds. The van der Waals surface area contributed by atoms with E-state index in [4.69, 9.17) is 5.11 Å². The van der Waals surface area contributed by atoms with Gasteiger partial charge in [0.1, 0.15) is 5.82 Å². The Hall–Kier alpha value is -1.51. The molecule has 1 aromatic carbocycles. The lowest BCUT2D eigenvalue weighted by molar-refractivity contribution is -0.138. The number of sulfonamides is 1. The van der Waals surface area contributed by atoms with Gasteiger partial charge in [0.25, 0.3) is 0 Å². The normalized spacial score (nSPS) is 20.4. The van der Waals surface area contributed by atoms with Crippen molar-refractivity contribution in [2.75, 3.05) is 26.7 Å². The highest BCUT2D eigenvalue weighted by Gasteiger charge is 2.29. The van der Waals surface area contributed by atoms with Gasteiger partial charge in [0, 0.05) is 19.1 Å². The minimum Gasteiger partial charge on any atom is -0.480 e. The van der Waals surface area contributed by atoms with Crippen molar-refractivity contribution in [2.45, 2.75) is 30.2 Å². The highest BCUT2D eigenvalue weighted by molar-refractivity contribution is 7.89. The maximum absolute atomic E-state index is 13.3. The summed E-state index contributed by atoms with van der Waals surface area (Å²) in [4.78, 5) is 12.5. The molecule has 1 aliphatic rings. The molecule has 1 aromatic rings. The van der Waals surface area contributed by atoms with Gasteiger partial charge in [0.15, 0.2) is 0 Å². The number of benzene rings is 1. The molecular weight excluding hydrogens is 323 g/mol. The van der Waals surface area contributed by atoms with E-state index in [1.54, 1.807) is 11.9 Å². The topological polar surface area (TPSA) is 77.9 Å². The van der Waals surface area contributed by atoms with E-state index >= 15 is 0 Å². The Morgan fingerprint density at radius 1 is 1.39 bits per heavy atom. The maximum atomic E-state index is 13.3. The number of hydrogen-bond acceptors (Lipinski definition) is 4. The van der Waals surface area contributed by atoms with E-state index in [1.807, 2.05) is 0 Å². The minimum atomic E-state index is -3.72. The van der Waals surface area contributed by atoms with Crippen LogP contribution in [0.15, 0.2) is 29.2 Å². The SMILES string of the molecule is CN(CC(=O)O)C1CCCN(S(=O)(=O)c2cccc(F)c2)CC1. The van der Waals surface area contributed by atoms with Crippen molar-refractivity contribution in [1.29, 1.82) is 0 Å². The van der Waals surface area contributed by atoms with Gasteiger partial charge in [-0.05, 0) is 44.5 Å². The van der Waals surface area contributed by atoms with Crippen LogP contribution in [0.1, 0.15) is 19.3 Å². The number of hydrogen-bond donors (Lipinski definition) is 1. The summed E-state index contributed by atoms with van der Waals surface area (Å²) in [5, 5.41) is 8.86. The summed E-state index contributed by atoms with van der Waals surface area (Å²) in [5.41, 5.74) is 0. The maximum Gasteiger partial charge on any atom is 0.317 e. The van der Waals surface area contributed by atoms with Gasteiger partial charge in [-0.25, -0.2) is 12.8 Å². The van der Waals surface area contributed by atoms with E-state index in [0.29, 0.717) is 25.9 Å². The Morgan fingerprint density at radius 2 is 2.13 bits per heavy atom. The third-order valence-corrected chi connectivity index (χ3v) is 5.99. The smallest absolute Gasteiger partial charge is 0.317 e. The number of likely N-dealkylation sites (N-methyl/N-ethyl adjacent to an activating group) is 1. The number of rotatable bonds is 5. The molecule has 23 heavy (non-hydrogen) atoms. The molecule has 1 N–H and O–H groups in total. The number of aliphatic carboxylic acids is 1. The molecule has 0 radical (unpaired) electrons. The fraction of sp³-hybridized carbons (Fsp3) is 0.533. The summed E-state index contributed by atoms with van der Waals surface area (Å²) < 4.78 is 39.8. The number of carboxylic acids is 1. The Labute approximate surface area is 135 Å². The lowest BCUT2D eigenvalue weighted by Gasteiger charge is -2.25. The molecule has 1 fully saturated rings. The van der Waals surface area contributed by atoms with E-state index in [2.05, 4.69) is 0 Å². The van der Waals surface area contributed by atoms with Gasteiger partial charge in [-0.15, -0.1) is 0 Å². The molecule has 6 nitrogen and oxygen atoms in total. The molecule has 0 aromatic heterocycles. The standard InChI is InChI=1S/C15H21FN2O4S/c1-17(11-15(19)20)13-5-3-8-18(9-7-13)23(21,22)14-6-2-4-12(16)10-14/h2,4,6,10,13H,3,5,7-9,11H2,1H3,(H,19,20). The average molecular weight is 344 g/mol. The summed E-state index contributed by atoms with van der Waals surface area (Å²) in [6.45, 7) is 0.588. The number of halogens is 1. The molecular formula is C15H21FN2O4S. The largest absolute Gasteiger partial charge is 0.480 e. The number of carbonyl (C=O) groups is 1. The van der Waals surface area contributed by atoms with Crippen molar-refractivity contribution in [3.05, 3.63) is 30.1 Å². The van der Waals surface area contributed by atoms with Crippen LogP contribution in [-0.4, -0.2) is 61.4 Å².